The molecule has 1 aliphatic rings. The third-order valence-corrected chi connectivity index (χ3v) is 6.69. The molecule has 1 aliphatic heterocycles. The predicted octanol–water partition coefficient (Wildman–Crippen LogP) is 4.93. The van der Waals surface area contributed by atoms with E-state index in [4.69, 9.17) is 4.98 Å². The molecule has 4 rings (SSSR count). The molecule has 33 heavy (non-hydrogen) atoms. The van der Waals surface area contributed by atoms with Gasteiger partial charge in [-0.3, -0.25) is 14.5 Å². The Hall–Kier alpha value is -3.03. The lowest BCUT2D eigenvalue weighted by Crippen LogP contribution is -2.30. The monoisotopic (exact) mass is 462 g/mol. The molecule has 2 aromatic carbocycles. The zero-order chi connectivity index (χ0) is 23.5. The Morgan fingerprint density at radius 3 is 2.48 bits per heavy atom. The fraction of sp³-hybridized carbons (Fsp3) is 0.346. The van der Waals surface area contributed by atoms with Crippen molar-refractivity contribution in [3.05, 3.63) is 63.5 Å². The van der Waals surface area contributed by atoms with Gasteiger partial charge in [-0.15, -0.1) is 11.3 Å². The number of nitrogens with zero attached hydrogens (tertiary/aromatic N) is 3. The maximum absolute atomic E-state index is 12.6. The van der Waals surface area contributed by atoms with E-state index in [0.29, 0.717) is 19.5 Å². The largest absolute Gasteiger partial charge is 0.324 e. The molecular formula is C26H30N4O2S. The molecule has 0 saturated carbocycles. The number of benzene rings is 2. The van der Waals surface area contributed by atoms with E-state index >= 15 is 0 Å². The van der Waals surface area contributed by atoms with Crippen molar-refractivity contribution < 1.29 is 9.59 Å². The molecule has 172 valence electrons. The number of carbonyl (C=O) groups excluding carboxylic acids is 2. The highest BCUT2D eigenvalue weighted by Gasteiger charge is 2.21. The summed E-state index contributed by atoms with van der Waals surface area (Å²) < 4.78 is 0. The van der Waals surface area contributed by atoms with Crippen LogP contribution in [0.25, 0.3) is 11.3 Å². The van der Waals surface area contributed by atoms with Crippen molar-refractivity contribution in [2.45, 2.75) is 40.2 Å². The Balaban J connectivity index is 1.34. The van der Waals surface area contributed by atoms with Crippen molar-refractivity contribution in [2.75, 3.05) is 30.4 Å². The summed E-state index contributed by atoms with van der Waals surface area (Å²) in [5.41, 5.74) is 7.13. The molecule has 1 N–H and O–H groups in total. The highest BCUT2D eigenvalue weighted by Crippen LogP contribution is 2.27. The average Bonchev–Trinajstić information content (AvgIpc) is 3.39. The summed E-state index contributed by atoms with van der Waals surface area (Å²) in [5, 5.41) is 6.06. The summed E-state index contributed by atoms with van der Waals surface area (Å²) >= 11 is 1.59. The van der Waals surface area contributed by atoms with E-state index in [1.54, 1.807) is 11.3 Å². The zero-order valence-corrected chi connectivity index (χ0v) is 20.5. The third-order valence-electron chi connectivity index (χ3n) is 5.86. The molecule has 0 aliphatic carbocycles. The second kappa shape index (κ2) is 9.85. The number of rotatable bonds is 7. The summed E-state index contributed by atoms with van der Waals surface area (Å²) in [7, 11) is 1.93. The summed E-state index contributed by atoms with van der Waals surface area (Å²) in [5.74, 6) is 0.162. The van der Waals surface area contributed by atoms with Gasteiger partial charge in [0.05, 0.1) is 18.8 Å². The van der Waals surface area contributed by atoms with Crippen LogP contribution in [-0.2, 0) is 16.1 Å². The Kier molecular flexibility index (Phi) is 6.91. The van der Waals surface area contributed by atoms with Crippen molar-refractivity contribution in [3.8, 4) is 11.3 Å². The first-order valence-electron chi connectivity index (χ1n) is 11.2. The van der Waals surface area contributed by atoms with Crippen molar-refractivity contribution in [1.82, 2.24) is 9.88 Å². The van der Waals surface area contributed by atoms with Gasteiger partial charge in [0, 0.05) is 35.3 Å². The van der Waals surface area contributed by atoms with Gasteiger partial charge in [-0.25, -0.2) is 4.98 Å². The summed E-state index contributed by atoms with van der Waals surface area (Å²) in [6.45, 7) is 7.79. The number of hydrogen-bond donors (Lipinski definition) is 1. The van der Waals surface area contributed by atoms with Crippen LogP contribution in [-0.4, -0.2) is 41.8 Å². The quantitative estimate of drug-likeness (QED) is 0.541. The van der Waals surface area contributed by atoms with Crippen LogP contribution in [0.5, 0.6) is 0 Å². The van der Waals surface area contributed by atoms with Crippen molar-refractivity contribution >= 4 is 34.5 Å². The SMILES string of the molecule is Cc1cc(C)c(NC(=O)CN(C)Cc2nc(-c3ccc(N4CCCC4=O)cc3)cs2)c(C)c1. The van der Waals surface area contributed by atoms with Gasteiger partial charge in [-0.05, 0) is 57.5 Å². The van der Waals surface area contributed by atoms with Gasteiger partial charge >= 0.3 is 0 Å². The summed E-state index contributed by atoms with van der Waals surface area (Å²) in [6.07, 6.45) is 1.55. The maximum Gasteiger partial charge on any atom is 0.238 e. The lowest BCUT2D eigenvalue weighted by atomic mass is 10.1. The molecule has 7 heteroatoms. The summed E-state index contributed by atoms with van der Waals surface area (Å²) in [4.78, 5) is 33.1. The van der Waals surface area contributed by atoms with E-state index in [1.807, 2.05) is 60.3 Å². The molecule has 2 amide bonds. The smallest absolute Gasteiger partial charge is 0.238 e. The normalized spacial score (nSPS) is 13.7. The van der Waals surface area contributed by atoms with Crippen LogP contribution in [0.1, 0.15) is 34.5 Å². The zero-order valence-electron chi connectivity index (χ0n) is 19.6. The van der Waals surface area contributed by atoms with Gasteiger partial charge < -0.3 is 10.2 Å². The van der Waals surface area contributed by atoms with Crippen LogP contribution >= 0.6 is 11.3 Å². The van der Waals surface area contributed by atoms with E-state index in [2.05, 4.69) is 24.4 Å². The first-order valence-corrected chi connectivity index (χ1v) is 12.1. The van der Waals surface area contributed by atoms with Gasteiger partial charge in [0.1, 0.15) is 5.01 Å². The molecule has 1 aromatic heterocycles. The first kappa shape index (κ1) is 23.1. The molecule has 1 fully saturated rings. The number of nitrogens with one attached hydrogen (secondary N) is 1. The molecule has 0 atom stereocenters. The second-order valence-electron chi connectivity index (χ2n) is 8.82. The molecule has 2 heterocycles. The van der Waals surface area contributed by atoms with Gasteiger partial charge in [-0.1, -0.05) is 29.8 Å². The number of amides is 2. The number of aryl methyl sites for hydroxylation is 3. The van der Waals surface area contributed by atoms with Crippen LogP contribution < -0.4 is 10.2 Å². The van der Waals surface area contributed by atoms with Crippen LogP contribution in [0.2, 0.25) is 0 Å². The Bertz CT molecular complexity index is 1150. The fourth-order valence-electron chi connectivity index (χ4n) is 4.34. The predicted molar refractivity (Wildman–Crippen MR) is 135 cm³/mol. The standard InChI is InChI=1S/C26H30N4O2S/c1-17-12-18(2)26(19(3)13-17)28-23(31)14-29(4)15-24-27-22(16-33-24)20-7-9-21(10-8-20)30-11-5-6-25(30)32/h7-10,12-13,16H,5-6,11,14-15H2,1-4H3,(H,28,31). The highest BCUT2D eigenvalue weighted by molar-refractivity contribution is 7.09. The van der Waals surface area contributed by atoms with Gasteiger partial charge in [0.2, 0.25) is 11.8 Å². The number of thiazole rings is 1. The van der Waals surface area contributed by atoms with Crippen LogP contribution in [0.3, 0.4) is 0 Å². The highest BCUT2D eigenvalue weighted by atomic mass is 32.1. The van der Waals surface area contributed by atoms with Crippen molar-refractivity contribution in [2.24, 2.45) is 0 Å². The molecule has 0 bridgehead atoms. The van der Waals surface area contributed by atoms with E-state index in [0.717, 1.165) is 51.7 Å². The molecule has 6 nitrogen and oxygen atoms in total. The van der Waals surface area contributed by atoms with Crippen molar-refractivity contribution in [1.29, 1.82) is 0 Å². The first-order chi connectivity index (χ1) is 15.8. The molecule has 3 aromatic rings. The van der Waals surface area contributed by atoms with Gasteiger partial charge in [0.25, 0.3) is 0 Å². The van der Waals surface area contributed by atoms with Gasteiger partial charge in [-0.2, -0.15) is 0 Å². The third kappa shape index (κ3) is 5.49. The average molecular weight is 463 g/mol. The minimum Gasteiger partial charge on any atom is -0.324 e. The van der Waals surface area contributed by atoms with E-state index in [-0.39, 0.29) is 11.8 Å². The lowest BCUT2D eigenvalue weighted by Gasteiger charge is -2.17. The van der Waals surface area contributed by atoms with Crippen LogP contribution in [0, 0.1) is 20.8 Å². The second-order valence-corrected chi connectivity index (χ2v) is 9.76. The van der Waals surface area contributed by atoms with Crippen molar-refractivity contribution in [3.63, 3.8) is 0 Å². The van der Waals surface area contributed by atoms with E-state index in [1.165, 1.54) is 5.56 Å². The molecular weight excluding hydrogens is 432 g/mol. The number of anilines is 2. The number of hydrogen-bond acceptors (Lipinski definition) is 5. The number of carbonyl (C=O) groups is 2. The van der Waals surface area contributed by atoms with E-state index in [9.17, 15) is 9.59 Å². The Morgan fingerprint density at radius 2 is 1.85 bits per heavy atom. The topological polar surface area (TPSA) is 65.5 Å². The van der Waals surface area contributed by atoms with Crippen LogP contribution in [0.4, 0.5) is 11.4 Å². The lowest BCUT2D eigenvalue weighted by molar-refractivity contribution is -0.117. The summed E-state index contributed by atoms with van der Waals surface area (Å²) in [6, 6.07) is 12.2. The Labute approximate surface area is 199 Å². The fourth-order valence-corrected chi connectivity index (χ4v) is 5.22. The van der Waals surface area contributed by atoms with E-state index < -0.39 is 0 Å². The van der Waals surface area contributed by atoms with Crippen LogP contribution in [0.15, 0.2) is 41.8 Å². The molecule has 0 unspecified atom stereocenters. The Morgan fingerprint density at radius 1 is 1.15 bits per heavy atom. The van der Waals surface area contributed by atoms with Gasteiger partial charge in [0.15, 0.2) is 0 Å². The minimum atomic E-state index is -0.0311. The number of likely N-dealkylation sites (N-methyl/N-ethyl adjacent to an activating group) is 1. The molecule has 0 radical (unpaired) electrons. The minimum absolute atomic E-state index is 0.0311. The maximum atomic E-state index is 12.6. The molecule has 1 saturated heterocycles. The molecule has 0 spiro atoms. The number of aromatic nitrogens is 1.